The van der Waals surface area contributed by atoms with E-state index in [2.05, 4.69) is 10.3 Å². The fourth-order valence-corrected chi connectivity index (χ4v) is 5.08. The van der Waals surface area contributed by atoms with Gasteiger partial charge in [0.25, 0.3) is 0 Å². The number of hydrogen-bond acceptors (Lipinski definition) is 4. The van der Waals surface area contributed by atoms with E-state index in [9.17, 15) is 13.2 Å². The van der Waals surface area contributed by atoms with Crippen molar-refractivity contribution in [3.8, 4) is 0 Å². The molecule has 1 N–H and O–H groups in total. The van der Waals surface area contributed by atoms with Crippen molar-refractivity contribution in [2.75, 3.05) is 37.3 Å². The Balaban J connectivity index is 0.00000300. The molecular weight excluding hydrogens is 503 g/mol. The van der Waals surface area contributed by atoms with Gasteiger partial charge in [0.15, 0.2) is 15.8 Å². The maximum absolute atomic E-state index is 12.2. The summed E-state index contributed by atoms with van der Waals surface area (Å²) in [6, 6.07) is 8.00. The second-order valence-electron chi connectivity index (χ2n) is 8.07. The van der Waals surface area contributed by atoms with Crippen LogP contribution < -0.4 is 10.2 Å². The number of rotatable bonds is 3. The number of piperidine rings is 1. The van der Waals surface area contributed by atoms with E-state index in [0.29, 0.717) is 32.0 Å². The van der Waals surface area contributed by atoms with Gasteiger partial charge in [-0.1, -0.05) is 12.1 Å². The van der Waals surface area contributed by atoms with Crippen LogP contribution in [0, 0.1) is 0 Å². The van der Waals surface area contributed by atoms with Gasteiger partial charge >= 0.3 is 0 Å². The van der Waals surface area contributed by atoms with Crippen molar-refractivity contribution in [2.45, 2.75) is 44.4 Å². The normalized spacial score (nSPS) is 21.5. The molecule has 0 unspecified atom stereocenters. The summed E-state index contributed by atoms with van der Waals surface area (Å²) in [6.07, 6.45) is 2.65. The maximum atomic E-state index is 12.2. The van der Waals surface area contributed by atoms with Crippen molar-refractivity contribution in [1.29, 1.82) is 0 Å². The highest BCUT2D eigenvalue weighted by molar-refractivity contribution is 14.0. The first-order valence-corrected chi connectivity index (χ1v) is 11.5. The molecule has 2 aliphatic rings. The molecule has 9 heteroatoms. The van der Waals surface area contributed by atoms with E-state index < -0.39 is 14.6 Å². The summed E-state index contributed by atoms with van der Waals surface area (Å²) in [4.78, 5) is 20.2. The van der Waals surface area contributed by atoms with Crippen molar-refractivity contribution in [3.05, 3.63) is 29.8 Å². The van der Waals surface area contributed by atoms with E-state index in [1.54, 1.807) is 20.9 Å². The Morgan fingerprint density at radius 3 is 2.45 bits per heavy atom. The second-order valence-corrected chi connectivity index (χ2v) is 10.8. The van der Waals surface area contributed by atoms with Crippen molar-refractivity contribution < 1.29 is 13.2 Å². The minimum atomic E-state index is -3.08. The average Bonchev–Trinajstić information content (AvgIpc) is 2.66. The lowest BCUT2D eigenvalue weighted by molar-refractivity contribution is -0.119. The number of nitrogens with one attached hydrogen (secondary N) is 1. The molecule has 0 saturated carbocycles. The van der Waals surface area contributed by atoms with Gasteiger partial charge in [-0.2, -0.15) is 0 Å². The fraction of sp³-hybridized carbons (Fsp3) is 0.600. The molecule has 7 nitrogen and oxygen atoms in total. The van der Waals surface area contributed by atoms with E-state index in [1.165, 1.54) is 0 Å². The third-order valence-electron chi connectivity index (χ3n) is 5.58. The first-order valence-electron chi connectivity index (χ1n) is 9.81. The zero-order chi connectivity index (χ0) is 20.4. The van der Waals surface area contributed by atoms with Crippen LogP contribution in [0.4, 0.5) is 5.69 Å². The minimum Gasteiger partial charge on any atom is -0.352 e. The lowest BCUT2D eigenvalue weighted by Gasteiger charge is -2.39. The lowest BCUT2D eigenvalue weighted by Crippen LogP contribution is -2.57. The van der Waals surface area contributed by atoms with Gasteiger partial charge in [-0.3, -0.25) is 9.79 Å². The lowest BCUT2D eigenvalue weighted by atomic mass is 10.1. The van der Waals surface area contributed by atoms with Crippen LogP contribution in [0.2, 0.25) is 0 Å². The number of amides is 1. The molecule has 1 aromatic rings. The van der Waals surface area contributed by atoms with Crippen molar-refractivity contribution in [1.82, 2.24) is 10.2 Å². The SMILES string of the molecule is CN=C(NCc1ccc(N2CCCCC2=O)cc1)N1CCS(=O)(=O)C(C)(C)C1.I. The van der Waals surface area contributed by atoms with Crippen LogP contribution in [0.3, 0.4) is 0 Å². The number of carbonyl (C=O) groups is 1. The van der Waals surface area contributed by atoms with E-state index in [1.807, 2.05) is 34.1 Å². The van der Waals surface area contributed by atoms with Crippen LogP contribution in [0.15, 0.2) is 29.3 Å². The minimum absolute atomic E-state index is 0. The highest BCUT2D eigenvalue weighted by atomic mass is 127. The third-order valence-corrected chi connectivity index (χ3v) is 8.11. The largest absolute Gasteiger partial charge is 0.352 e. The summed E-state index contributed by atoms with van der Waals surface area (Å²) in [5, 5.41) is 3.33. The number of aliphatic imine (C=N–C) groups is 1. The Bertz CT molecular complexity index is 853. The summed E-state index contributed by atoms with van der Waals surface area (Å²) < 4.78 is 23.6. The van der Waals surface area contributed by atoms with E-state index in [-0.39, 0.29) is 35.6 Å². The predicted octanol–water partition coefficient (Wildman–Crippen LogP) is 2.41. The molecule has 2 saturated heterocycles. The van der Waals surface area contributed by atoms with E-state index >= 15 is 0 Å². The molecule has 1 amide bonds. The molecule has 1 aromatic carbocycles. The van der Waals surface area contributed by atoms with Crippen LogP contribution in [0.25, 0.3) is 0 Å². The van der Waals surface area contributed by atoms with Gasteiger partial charge in [-0.15, -0.1) is 24.0 Å². The molecule has 0 radical (unpaired) electrons. The average molecular weight is 534 g/mol. The quantitative estimate of drug-likeness (QED) is 0.366. The zero-order valence-corrected chi connectivity index (χ0v) is 20.5. The first kappa shape index (κ1) is 23.9. The predicted molar refractivity (Wildman–Crippen MR) is 128 cm³/mol. The number of hydrogen-bond donors (Lipinski definition) is 1. The number of nitrogens with zero attached hydrogens (tertiary/aromatic N) is 3. The monoisotopic (exact) mass is 534 g/mol. The number of anilines is 1. The second kappa shape index (κ2) is 9.63. The molecule has 162 valence electrons. The van der Waals surface area contributed by atoms with Gasteiger partial charge in [-0.05, 0) is 44.4 Å². The van der Waals surface area contributed by atoms with Crippen LogP contribution in [-0.2, 0) is 21.2 Å². The Labute approximate surface area is 190 Å². The number of benzene rings is 1. The summed E-state index contributed by atoms with van der Waals surface area (Å²) >= 11 is 0. The summed E-state index contributed by atoms with van der Waals surface area (Å²) in [5.74, 6) is 1.04. The molecule has 2 heterocycles. The number of guanidine groups is 1. The van der Waals surface area contributed by atoms with Gasteiger partial charge in [0.2, 0.25) is 5.91 Å². The van der Waals surface area contributed by atoms with Crippen molar-refractivity contribution in [2.24, 2.45) is 4.99 Å². The Morgan fingerprint density at radius 1 is 1.17 bits per heavy atom. The van der Waals surface area contributed by atoms with Crippen LogP contribution in [-0.4, -0.2) is 62.4 Å². The highest BCUT2D eigenvalue weighted by Gasteiger charge is 2.40. The molecule has 0 atom stereocenters. The Kier molecular flexibility index (Phi) is 7.94. The first-order chi connectivity index (χ1) is 13.2. The summed E-state index contributed by atoms with van der Waals surface area (Å²) in [5.41, 5.74) is 2.03. The van der Waals surface area contributed by atoms with E-state index in [0.717, 1.165) is 30.6 Å². The summed E-state index contributed by atoms with van der Waals surface area (Å²) in [7, 11) is -1.37. The van der Waals surface area contributed by atoms with Gasteiger partial charge in [-0.25, -0.2) is 8.42 Å². The Hall–Kier alpha value is -1.36. The standard InChI is InChI=1S/C20H30N4O3S.HI/c1-20(2)15-23(12-13-28(20,26)27)19(21-3)22-14-16-7-9-17(10-8-16)24-11-5-4-6-18(24)25;/h7-10H,4-6,11-15H2,1-3H3,(H,21,22);1H. The molecule has 0 bridgehead atoms. The molecule has 2 fully saturated rings. The van der Waals surface area contributed by atoms with Crippen LogP contribution in [0.1, 0.15) is 38.7 Å². The van der Waals surface area contributed by atoms with Gasteiger partial charge in [0, 0.05) is 45.3 Å². The number of sulfone groups is 1. The molecule has 3 rings (SSSR count). The van der Waals surface area contributed by atoms with Gasteiger partial charge < -0.3 is 15.1 Å². The topological polar surface area (TPSA) is 82.1 Å². The molecule has 29 heavy (non-hydrogen) atoms. The zero-order valence-electron chi connectivity index (χ0n) is 17.3. The Morgan fingerprint density at radius 2 is 1.86 bits per heavy atom. The molecular formula is C20H31IN4O3S. The van der Waals surface area contributed by atoms with Crippen LogP contribution >= 0.6 is 24.0 Å². The molecule has 0 aliphatic carbocycles. The number of carbonyl (C=O) groups excluding carboxylic acids is 1. The van der Waals surface area contributed by atoms with Gasteiger partial charge in [0.05, 0.1) is 10.5 Å². The van der Waals surface area contributed by atoms with Crippen molar-refractivity contribution in [3.63, 3.8) is 0 Å². The smallest absolute Gasteiger partial charge is 0.226 e. The highest BCUT2D eigenvalue weighted by Crippen LogP contribution is 2.24. The molecule has 0 spiro atoms. The van der Waals surface area contributed by atoms with Crippen molar-refractivity contribution >= 4 is 51.4 Å². The number of halogens is 1. The third kappa shape index (κ3) is 5.42. The van der Waals surface area contributed by atoms with Gasteiger partial charge in [0.1, 0.15) is 0 Å². The van der Waals surface area contributed by atoms with E-state index in [4.69, 9.17) is 0 Å². The van der Waals surface area contributed by atoms with Crippen LogP contribution in [0.5, 0.6) is 0 Å². The maximum Gasteiger partial charge on any atom is 0.226 e. The fourth-order valence-electron chi connectivity index (χ4n) is 3.71. The molecule has 2 aliphatic heterocycles. The molecule has 0 aromatic heterocycles. The summed E-state index contributed by atoms with van der Waals surface area (Å²) in [6.45, 7) is 5.78.